The minimum absolute atomic E-state index is 0.198. The van der Waals surface area contributed by atoms with Crippen molar-refractivity contribution < 1.29 is 4.39 Å². The van der Waals surface area contributed by atoms with Gasteiger partial charge in [-0.2, -0.15) is 0 Å². The number of benzene rings is 2. The van der Waals surface area contributed by atoms with Gasteiger partial charge < -0.3 is 5.73 Å². The maximum Gasteiger partial charge on any atom is 0.126 e. The van der Waals surface area contributed by atoms with Crippen molar-refractivity contribution in [2.75, 3.05) is 5.73 Å². The van der Waals surface area contributed by atoms with E-state index in [0.29, 0.717) is 11.3 Å². The monoisotopic (exact) mass is 201 g/mol. The molecule has 0 heterocycles. The Labute approximate surface area is 88.4 Å². The number of halogens is 1. The molecule has 0 atom stereocenters. The zero-order valence-corrected chi connectivity index (χ0v) is 8.50. The summed E-state index contributed by atoms with van der Waals surface area (Å²) in [5.41, 5.74) is 8.82. The number of hydrogen-bond donors (Lipinski definition) is 1. The molecule has 0 aliphatic heterocycles. The molecule has 2 N–H and O–H groups in total. The summed E-state index contributed by atoms with van der Waals surface area (Å²) in [5.74, 6) is -0.198. The Morgan fingerprint density at radius 1 is 1.07 bits per heavy atom. The fraction of sp³-hybridized carbons (Fsp3) is 0.0769. The SMILES string of the molecule is Cc1ccc(-c2ccccc2N)cc1F. The smallest absolute Gasteiger partial charge is 0.126 e. The Bertz CT molecular complexity index is 492. The van der Waals surface area contributed by atoms with Crippen LogP contribution in [-0.2, 0) is 0 Å². The molecule has 0 spiro atoms. The topological polar surface area (TPSA) is 26.0 Å². The lowest BCUT2D eigenvalue weighted by atomic mass is 10.0. The fourth-order valence-corrected chi connectivity index (χ4v) is 1.52. The number of hydrogen-bond acceptors (Lipinski definition) is 1. The van der Waals surface area contributed by atoms with Gasteiger partial charge in [0.1, 0.15) is 5.82 Å². The number of aryl methyl sites for hydroxylation is 1. The maximum absolute atomic E-state index is 13.4. The third kappa shape index (κ3) is 1.84. The van der Waals surface area contributed by atoms with Crippen LogP contribution in [0, 0.1) is 12.7 Å². The number of para-hydroxylation sites is 1. The van der Waals surface area contributed by atoms with E-state index in [4.69, 9.17) is 5.73 Å². The van der Waals surface area contributed by atoms with Crippen LogP contribution in [0.2, 0.25) is 0 Å². The number of nitrogen functional groups attached to an aromatic ring is 1. The summed E-state index contributed by atoms with van der Waals surface area (Å²) < 4.78 is 13.4. The third-order valence-corrected chi connectivity index (χ3v) is 2.44. The van der Waals surface area contributed by atoms with Crippen LogP contribution >= 0.6 is 0 Å². The van der Waals surface area contributed by atoms with Crippen molar-refractivity contribution in [3.8, 4) is 11.1 Å². The lowest BCUT2D eigenvalue weighted by Gasteiger charge is -2.06. The first-order chi connectivity index (χ1) is 7.18. The molecule has 0 saturated carbocycles. The van der Waals surface area contributed by atoms with Crippen LogP contribution in [0.5, 0.6) is 0 Å². The summed E-state index contributed by atoms with van der Waals surface area (Å²) in [6.07, 6.45) is 0. The van der Waals surface area contributed by atoms with Crippen LogP contribution in [0.25, 0.3) is 11.1 Å². The number of anilines is 1. The highest BCUT2D eigenvalue weighted by atomic mass is 19.1. The van der Waals surface area contributed by atoms with E-state index in [1.165, 1.54) is 6.07 Å². The summed E-state index contributed by atoms with van der Waals surface area (Å²) in [6.45, 7) is 1.74. The third-order valence-electron chi connectivity index (χ3n) is 2.44. The molecule has 2 aromatic rings. The second-order valence-electron chi connectivity index (χ2n) is 3.55. The first kappa shape index (κ1) is 9.71. The van der Waals surface area contributed by atoms with Crippen molar-refractivity contribution in [1.82, 2.24) is 0 Å². The standard InChI is InChI=1S/C13H12FN/c1-9-6-7-10(8-12(9)14)11-4-2-3-5-13(11)15/h2-8H,15H2,1H3. The molecule has 0 aromatic heterocycles. The van der Waals surface area contributed by atoms with Gasteiger partial charge in [-0.1, -0.05) is 30.3 Å². The van der Waals surface area contributed by atoms with E-state index in [1.807, 2.05) is 30.3 Å². The first-order valence-electron chi connectivity index (χ1n) is 4.79. The van der Waals surface area contributed by atoms with E-state index in [1.54, 1.807) is 13.0 Å². The predicted molar refractivity (Wildman–Crippen MR) is 61.0 cm³/mol. The number of rotatable bonds is 1. The quantitative estimate of drug-likeness (QED) is 0.703. The normalized spacial score (nSPS) is 10.3. The first-order valence-corrected chi connectivity index (χ1v) is 4.79. The summed E-state index contributed by atoms with van der Waals surface area (Å²) in [7, 11) is 0. The molecule has 0 aliphatic rings. The lowest BCUT2D eigenvalue weighted by Crippen LogP contribution is -1.90. The van der Waals surface area contributed by atoms with E-state index in [0.717, 1.165) is 11.1 Å². The van der Waals surface area contributed by atoms with Crippen molar-refractivity contribution in [3.63, 3.8) is 0 Å². The Hall–Kier alpha value is -1.83. The van der Waals surface area contributed by atoms with Gasteiger partial charge in [-0.05, 0) is 30.2 Å². The van der Waals surface area contributed by atoms with Crippen LogP contribution in [0.3, 0.4) is 0 Å². The Kier molecular flexibility index (Phi) is 2.42. The summed E-state index contributed by atoms with van der Waals surface area (Å²) in [4.78, 5) is 0. The molecule has 2 aromatic carbocycles. The molecular weight excluding hydrogens is 189 g/mol. The van der Waals surface area contributed by atoms with Gasteiger partial charge in [-0.25, -0.2) is 4.39 Å². The van der Waals surface area contributed by atoms with Crippen LogP contribution in [0.15, 0.2) is 42.5 Å². The van der Waals surface area contributed by atoms with Gasteiger partial charge in [0, 0.05) is 11.3 Å². The molecule has 15 heavy (non-hydrogen) atoms. The highest BCUT2D eigenvalue weighted by molar-refractivity contribution is 5.76. The van der Waals surface area contributed by atoms with Gasteiger partial charge in [0.2, 0.25) is 0 Å². The average Bonchev–Trinajstić information content (AvgIpc) is 2.23. The largest absolute Gasteiger partial charge is 0.398 e. The molecule has 0 radical (unpaired) electrons. The maximum atomic E-state index is 13.4. The zero-order valence-electron chi connectivity index (χ0n) is 8.50. The molecule has 1 nitrogen and oxygen atoms in total. The van der Waals surface area contributed by atoms with Crippen LogP contribution in [0.4, 0.5) is 10.1 Å². The molecule has 0 saturated heterocycles. The van der Waals surface area contributed by atoms with Crippen LogP contribution < -0.4 is 5.73 Å². The van der Waals surface area contributed by atoms with Crippen LogP contribution in [0.1, 0.15) is 5.56 Å². The Balaban J connectivity index is 2.55. The van der Waals surface area contributed by atoms with E-state index >= 15 is 0 Å². The fourth-order valence-electron chi connectivity index (χ4n) is 1.52. The highest BCUT2D eigenvalue weighted by Gasteiger charge is 2.04. The summed E-state index contributed by atoms with van der Waals surface area (Å²) in [6, 6.07) is 12.6. The van der Waals surface area contributed by atoms with Gasteiger partial charge in [0.25, 0.3) is 0 Å². The summed E-state index contributed by atoms with van der Waals surface area (Å²) >= 11 is 0. The molecule has 0 bridgehead atoms. The van der Waals surface area contributed by atoms with Crippen molar-refractivity contribution in [2.24, 2.45) is 0 Å². The molecule has 0 unspecified atom stereocenters. The minimum Gasteiger partial charge on any atom is -0.398 e. The molecule has 2 rings (SSSR count). The number of nitrogens with two attached hydrogens (primary N) is 1. The lowest BCUT2D eigenvalue weighted by molar-refractivity contribution is 0.619. The van der Waals surface area contributed by atoms with Gasteiger partial charge in [-0.3, -0.25) is 0 Å². The van der Waals surface area contributed by atoms with Crippen LogP contribution in [-0.4, -0.2) is 0 Å². The van der Waals surface area contributed by atoms with Gasteiger partial charge in [0.05, 0.1) is 0 Å². The van der Waals surface area contributed by atoms with Crippen molar-refractivity contribution >= 4 is 5.69 Å². The second-order valence-corrected chi connectivity index (χ2v) is 3.55. The van der Waals surface area contributed by atoms with Gasteiger partial charge in [0.15, 0.2) is 0 Å². The highest BCUT2D eigenvalue weighted by Crippen LogP contribution is 2.26. The Morgan fingerprint density at radius 3 is 2.47 bits per heavy atom. The molecule has 76 valence electrons. The minimum atomic E-state index is -0.198. The molecule has 0 aliphatic carbocycles. The molecule has 2 heteroatoms. The summed E-state index contributed by atoms with van der Waals surface area (Å²) in [5, 5.41) is 0. The second kappa shape index (κ2) is 3.73. The molecule has 0 fully saturated rings. The van der Waals surface area contributed by atoms with Gasteiger partial charge >= 0.3 is 0 Å². The van der Waals surface area contributed by atoms with E-state index < -0.39 is 0 Å². The van der Waals surface area contributed by atoms with Gasteiger partial charge in [-0.15, -0.1) is 0 Å². The van der Waals surface area contributed by atoms with E-state index in [9.17, 15) is 4.39 Å². The molecular formula is C13H12FN. The Morgan fingerprint density at radius 2 is 1.80 bits per heavy atom. The van der Waals surface area contributed by atoms with Crippen molar-refractivity contribution in [3.05, 3.63) is 53.8 Å². The zero-order chi connectivity index (χ0) is 10.8. The predicted octanol–water partition coefficient (Wildman–Crippen LogP) is 3.38. The van der Waals surface area contributed by atoms with E-state index in [-0.39, 0.29) is 5.82 Å². The van der Waals surface area contributed by atoms with Crippen molar-refractivity contribution in [2.45, 2.75) is 6.92 Å². The van der Waals surface area contributed by atoms with E-state index in [2.05, 4.69) is 0 Å². The average molecular weight is 201 g/mol. The molecule has 0 amide bonds. The van der Waals surface area contributed by atoms with Crippen molar-refractivity contribution in [1.29, 1.82) is 0 Å².